The molecule has 1 aliphatic heterocycles. The second-order valence-corrected chi connectivity index (χ2v) is 3.71. The van der Waals surface area contributed by atoms with E-state index in [0.29, 0.717) is 0 Å². The van der Waals surface area contributed by atoms with Gasteiger partial charge >= 0.3 is 0 Å². The summed E-state index contributed by atoms with van der Waals surface area (Å²) in [5, 5.41) is 3.36. The maximum absolute atomic E-state index is 3.36. The van der Waals surface area contributed by atoms with Crippen molar-refractivity contribution in [2.75, 3.05) is 26.2 Å². The molecule has 1 aromatic heterocycles. The molecular formula is C10H17N3. The van der Waals surface area contributed by atoms with E-state index >= 15 is 0 Å². The largest absolute Gasteiger partial charge is 0.357 e. The van der Waals surface area contributed by atoms with Crippen LogP contribution in [0.15, 0.2) is 18.5 Å². The summed E-state index contributed by atoms with van der Waals surface area (Å²) in [5.41, 5.74) is 1.42. The van der Waals surface area contributed by atoms with Gasteiger partial charge in [0.05, 0.1) is 0 Å². The van der Waals surface area contributed by atoms with Gasteiger partial charge in [-0.15, -0.1) is 0 Å². The molecule has 0 bridgehead atoms. The zero-order valence-corrected chi connectivity index (χ0v) is 8.16. The molecule has 1 saturated heterocycles. The lowest BCUT2D eigenvalue weighted by Crippen LogP contribution is -2.42. The van der Waals surface area contributed by atoms with Gasteiger partial charge in [0.2, 0.25) is 0 Å². The predicted octanol–water partition coefficient (Wildman–Crippen LogP) is 0.430. The second kappa shape index (κ2) is 3.94. The number of hydrogen-bond acceptors (Lipinski definition) is 2. The van der Waals surface area contributed by atoms with Crippen LogP contribution >= 0.6 is 0 Å². The molecule has 0 atom stereocenters. The van der Waals surface area contributed by atoms with Crippen LogP contribution in [0.3, 0.4) is 0 Å². The summed E-state index contributed by atoms with van der Waals surface area (Å²) in [4.78, 5) is 2.49. The lowest BCUT2D eigenvalue weighted by atomic mass is 10.3. The highest BCUT2D eigenvalue weighted by Gasteiger charge is 2.09. The molecule has 0 aliphatic carbocycles. The summed E-state index contributed by atoms with van der Waals surface area (Å²) in [5.74, 6) is 0. The third kappa shape index (κ3) is 2.32. The van der Waals surface area contributed by atoms with E-state index in [1.807, 2.05) is 0 Å². The van der Waals surface area contributed by atoms with E-state index in [1.165, 1.54) is 18.7 Å². The molecule has 0 radical (unpaired) electrons. The molecule has 0 saturated carbocycles. The molecule has 0 amide bonds. The summed E-state index contributed by atoms with van der Waals surface area (Å²) in [6.07, 6.45) is 4.31. The van der Waals surface area contributed by atoms with Crippen molar-refractivity contribution in [1.82, 2.24) is 14.8 Å². The van der Waals surface area contributed by atoms with E-state index in [4.69, 9.17) is 0 Å². The van der Waals surface area contributed by atoms with Crippen LogP contribution in [-0.4, -0.2) is 35.6 Å². The number of nitrogens with zero attached hydrogens (tertiary/aromatic N) is 2. The summed E-state index contributed by atoms with van der Waals surface area (Å²) in [7, 11) is 2.07. The zero-order valence-electron chi connectivity index (χ0n) is 8.16. The van der Waals surface area contributed by atoms with Crippen molar-refractivity contribution >= 4 is 0 Å². The summed E-state index contributed by atoms with van der Waals surface area (Å²) in [6, 6.07) is 2.20. The standard InChI is InChI=1S/C10H17N3/c1-12-5-2-10(8-12)9-13-6-3-11-4-7-13/h2,5,8,11H,3-4,6-7,9H2,1H3. The van der Waals surface area contributed by atoms with Crippen LogP contribution in [0.25, 0.3) is 0 Å². The average Bonchev–Trinajstić information content (AvgIpc) is 2.53. The van der Waals surface area contributed by atoms with Gasteiger partial charge in [-0.3, -0.25) is 4.90 Å². The number of aromatic nitrogens is 1. The minimum atomic E-state index is 1.10. The van der Waals surface area contributed by atoms with Gasteiger partial charge in [-0.2, -0.15) is 0 Å². The van der Waals surface area contributed by atoms with Crippen molar-refractivity contribution in [3.8, 4) is 0 Å². The monoisotopic (exact) mass is 179 g/mol. The summed E-state index contributed by atoms with van der Waals surface area (Å²) in [6.45, 7) is 5.71. The van der Waals surface area contributed by atoms with Crippen LogP contribution in [-0.2, 0) is 13.6 Å². The first-order chi connectivity index (χ1) is 6.34. The van der Waals surface area contributed by atoms with Crippen LogP contribution in [0.2, 0.25) is 0 Å². The highest BCUT2D eigenvalue weighted by Crippen LogP contribution is 2.05. The zero-order chi connectivity index (χ0) is 9.10. The van der Waals surface area contributed by atoms with Gasteiger partial charge in [-0.05, 0) is 11.6 Å². The highest BCUT2D eigenvalue weighted by molar-refractivity contribution is 5.09. The quantitative estimate of drug-likeness (QED) is 0.710. The Kier molecular flexibility index (Phi) is 2.66. The van der Waals surface area contributed by atoms with E-state index in [9.17, 15) is 0 Å². The second-order valence-electron chi connectivity index (χ2n) is 3.71. The molecule has 0 unspecified atom stereocenters. The van der Waals surface area contributed by atoms with Crippen molar-refractivity contribution in [2.24, 2.45) is 7.05 Å². The van der Waals surface area contributed by atoms with Gasteiger partial charge in [0.1, 0.15) is 0 Å². The normalized spacial score (nSPS) is 19.2. The molecule has 2 rings (SSSR count). The molecule has 2 heterocycles. The van der Waals surface area contributed by atoms with Crippen molar-refractivity contribution in [3.63, 3.8) is 0 Å². The maximum Gasteiger partial charge on any atom is 0.0249 e. The minimum Gasteiger partial charge on any atom is -0.357 e. The third-order valence-corrected chi connectivity index (χ3v) is 2.51. The molecule has 13 heavy (non-hydrogen) atoms. The Labute approximate surface area is 79.3 Å². The Morgan fingerprint density at radius 2 is 2.15 bits per heavy atom. The Morgan fingerprint density at radius 1 is 1.38 bits per heavy atom. The Balaban J connectivity index is 1.89. The van der Waals surface area contributed by atoms with Crippen LogP contribution in [0.1, 0.15) is 5.56 Å². The molecule has 3 nitrogen and oxygen atoms in total. The number of rotatable bonds is 2. The van der Waals surface area contributed by atoms with E-state index in [0.717, 1.165) is 19.6 Å². The molecule has 1 fully saturated rings. The number of piperazine rings is 1. The SMILES string of the molecule is Cn1ccc(CN2CCNCC2)c1. The molecular weight excluding hydrogens is 162 g/mol. The van der Waals surface area contributed by atoms with Crippen molar-refractivity contribution in [2.45, 2.75) is 6.54 Å². The topological polar surface area (TPSA) is 20.2 Å². The van der Waals surface area contributed by atoms with Gasteiger partial charge in [0, 0.05) is 52.2 Å². The van der Waals surface area contributed by atoms with Crippen LogP contribution in [0, 0.1) is 0 Å². The van der Waals surface area contributed by atoms with Gasteiger partial charge in [0.25, 0.3) is 0 Å². The van der Waals surface area contributed by atoms with E-state index in [1.54, 1.807) is 0 Å². The fourth-order valence-electron chi connectivity index (χ4n) is 1.78. The third-order valence-electron chi connectivity index (χ3n) is 2.51. The van der Waals surface area contributed by atoms with E-state index < -0.39 is 0 Å². The number of nitrogens with one attached hydrogen (secondary N) is 1. The molecule has 3 heteroatoms. The number of aryl methyl sites for hydroxylation is 1. The van der Waals surface area contributed by atoms with Gasteiger partial charge in [-0.1, -0.05) is 0 Å². The fourth-order valence-corrected chi connectivity index (χ4v) is 1.78. The van der Waals surface area contributed by atoms with Crippen molar-refractivity contribution in [3.05, 3.63) is 24.0 Å². The molecule has 72 valence electrons. The van der Waals surface area contributed by atoms with Crippen molar-refractivity contribution < 1.29 is 0 Å². The lowest BCUT2D eigenvalue weighted by molar-refractivity contribution is 0.233. The smallest absolute Gasteiger partial charge is 0.0249 e. The summed E-state index contributed by atoms with van der Waals surface area (Å²) >= 11 is 0. The minimum absolute atomic E-state index is 1.10. The molecule has 0 aromatic carbocycles. The van der Waals surface area contributed by atoms with Gasteiger partial charge in [0.15, 0.2) is 0 Å². The highest BCUT2D eigenvalue weighted by atomic mass is 15.2. The fraction of sp³-hybridized carbons (Fsp3) is 0.600. The van der Waals surface area contributed by atoms with Crippen molar-refractivity contribution in [1.29, 1.82) is 0 Å². The van der Waals surface area contributed by atoms with Crippen LogP contribution in [0.4, 0.5) is 0 Å². The first kappa shape index (κ1) is 8.78. The lowest BCUT2D eigenvalue weighted by Gasteiger charge is -2.26. The van der Waals surface area contributed by atoms with Gasteiger partial charge in [-0.25, -0.2) is 0 Å². The molecule has 1 N–H and O–H groups in total. The predicted molar refractivity (Wildman–Crippen MR) is 53.6 cm³/mol. The molecule has 0 spiro atoms. The first-order valence-corrected chi connectivity index (χ1v) is 4.88. The average molecular weight is 179 g/mol. The van der Waals surface area contributed by atoms with E-state index in [2.05, 4.69) is 40.3 Å². The molecule has 1 aliphatic rings. The summed E-state index contributed by atoms with van der Waals surface area (Å²) < 4.78 is 2.11. The maximum atomic E-state index is 3.36. The van der Waals surface area contributed by atoms with Crippen LogP contribution in [0.5, 0.6) is 0 Å². The van der Waals surface area contributed by atoms with Crippen LogP contribution < -0.4 is 5.32 Å². The number of hydrogen-bond donors (Lipinski definition) is 1. The molecule has 1 aromatic rings. The Bertz CT molecular complexity index is 261. The Morgan fingerprint density at radius 3 is 2.77 bits per heavy atom. The first-order valence-electron chi connectivity index (χ1n) is 4.88. The Hall–Kier alpha value is -0.800. The van der Waals surface area contributed by atoms with E-state index in [-0.39, 0.29) is 0 Å². The van der Waals surface area contributed by atoms with Gasteiger partial charge < -0.3 is 9.88 Å².